The van der Waals surface area contributed by atoms with Gasteiger partial charge in [-0.15, -0.1) is 13.2 Å². The summed E-state index contributed by atoms with van der Waals surface area (Å²) in [5.41, 5.74) is -2.38. The summed E-state index contributed by atoms with van der Waals surface area (Å²) in [6.45, 7) is 2.98. The molecule has 0 radical (unpaired) electrons. The van der Waals surface area contributed by atoms with E-state index in [4.69, 9.17) is 0 Å². The predicted molar refractivity (Wildman–Crippen MR) is 123 cm³/mol. The van der Waals surface area contributed by atoms with Crippen LogP contribution in [0.25, 0.3) is 0 Å². The van der Waals surface area contributed by atoms with Crippen molar-refractivity contribution in [3.8, 4) is 5.75 Å². The van der Waals surface area contributed by atoms with Gasteiger partial charge in [-0.2, -0.15) is 13.2 Å². The lowest BCUT2D eigenvalue weighted by Gasteiger charge is -2.29. The lowest BCUT2D eigenvalue weighted by atomic mass is 9.98. The van der Waals surface area contributed by atoms with Crippen molar-refractivity contribution in [3.63, 3.8) is 0 Å². The molecule has 1 N–H and O–H groups in total. The van der Waals surface area contributed by atoms with Crippen LogP contribution in [0.4, 0.5) is 40.8 Å². The lowest BCUT2D eigenvalue weighted by Crippen LogP contribution is -2.41. The van der Waals surface area contributed by atoms with E-state index in [0.29, 0.717) is 0 Å². The molecule has 1 aliphatic heterocycles. The second-order valence-electron chi connectivity index (χ2n) is 9.07. The van der Waals surface area contributed by atoms with Crippen LogP contribution in [-0.2, 0) is 16.5 Å². The summed E-state index contributed by atoms with van der Waals surface area (Å²) in [4.78, 5) is 18.3. The minimum absolute atomic E-state index is 0.0393. The molecule has 0 saturated heterocycles. The van der Waals surface area contributed by atoms with Crippen LogP contribution in [0.2, 0.25) is 0 Å². The SMILES string of the molecule is CC(C)(NC1=CC(c2ccc(F)c(F)c2)N(c2ccc(OC(F)(F)F)cc2)C1=O)c1cccc(C(F)(F)F)n1. The highest BCUT2D eigenvalue weighted by Gasteiger charge is 2.39. The first kappa shape index (κ1) is 27.9. The Morgan fingerprint density at radius 3 is 2.10 bits per heavy atom. The maximum atomic E-state index is 14.1. The molecule has 4 rings (SSSR count). The quantitative estimate of drug-likeness (QED) is 0.340. The summed E-state index contributed by atoms with van der Waals surface area (Å²) in [6, 6.07) is 9.48. The summed E-state index contributed by atoms with van der Waals surface area (Å²) in [6.07, 6.45) is -8.30. The van der Waals surface area contributed by atoms with E-state index in [0.717, 1.165) is 35.2 Å². The van der Waals surface area contributed by atoms with Crippen LogP contribution in [0.5, 0.6) is 5.75 Å². The van der Waals surface area contributed by atoms with Crippen molar-refractivity contribution in [2.45, 2.75) is 38.0 Å². The van der Waals surface area contributed by atoms with E-state index in [1.807, 2.05) is 0 Å². The van der Waals surface area contributed by atoms with Crippen LogP contribution in [0.3, 0.4) is 0 Å². The zero-order chi connectivity index (χ0) is 28.8. The summed E-state index contributed by atoms with van der Waals surface area (Å²) in [5, 5.41) is 2.87. The van der Waals surface area contributed by atoms with Crippen LogP contribution >= 0.6 is 0 Å². The van der Waals surface area contributed by atoms with Crippen LogP contribution < -0.4 is 15.0 Å². The first-order valence-electron chi connectivity index (χ1n) is 11.2. The molecule has 1 amide bonds. The average molecular weight is 557 g/mol. The summed E-state index contributed by atoms with van der Waals surface area (Å²) in [5.74, 6) is -3.61. The Balaban J connectivity index is 1.71. The number of hydrogen-bond donors (Lipinski definition) is 1. The Labute approximate surface area is 216 Å². The number of rotatable bonds is 6. The Kier molecular flexibility index (Phi) is 7.04. The molecule has 206 valence electrons. The fourth-order valence-corrected chi connectivity index (χ4v) is 4.02. The molecule has 0 saturated carbocycles. The van der Waals surface area contributed by atoms with Gasteiger partial charge < -0.3 is 10.1 Å². The monoisotopic (exact) mass is 557 g/mol. The number of carbonyl (C=O) groups is 1. The zero-order valence-corrected chi connectivity index (χ0v) is 20.2. The van der Waals surface area contributed by atoms with Crippen molar-refractivity contribution in [3.05, 3.63) is 101 Å². The van der Waals surface area contributed by atoms with E-state index in [1.54, 1.807) is 0 Å². The number of hydrogen-bond acceptors (Lipinski definition) is 4. The number of aromatic nitrogens is 1. The number of nitrogens with zero attached hydrogens (tertiary/aromatic N) is 2. The van der Waals surface area contributed by atoms with Crippen molar-refractivity contribution < 1.29 is 44.7 Å². The normalized spacial score (nSPS) is 16.4. The Morgan fingerprint density at radius 1 is 0.872 bits per heavy atom. The van der Waals surface area contributed by atoms with E-state index in [2.05, 4.69) is 15.0 Å². The standard InChI is InChI=1S/C26H19F8N3O2/c1-24(2,21-4-3-5-22(35-21)25(29,30)31)36-19-13-20(14-6-11-17(27)18(28)12-14)37(23(19)38)15-7-9-16(10-8-15)39-26(32,33)34/h3-13,20,36H,1-2H3. The molecule has 1 unspecified atom stereocenters. The molecule has 2 aromatic carbocycles. The predicted octanol–water partition coefficient (Wildman–Crippen LogP) is 6.77. The van der Waals surface area contributed by atoms with Gasteiger partial charge in [0.05, 0.1) is 23.0 Å². The number of benzene rings is 2. The number of amides is 1. The Bertz CT molecular complexity index is 1420. The Hall–Kier alpha value is -4.16. The van der Waals surface area contributed by atoms with Crippen LogP contribution in [-0.4, -0.2) is 17.3 Å². The van der Waals surface area contributed by atoms with Crippen molar-refractivity contribution in [2.75, 3.05) is 4.90 Å². The van der Waals surface area contributed by atoms with Crippen molar-refractivity contribution in [2.24, 2.45) is 0 Å². The molecule has 39 heavy (non-hydrogen) atoms. The third kappa shape index (κ3) is 6.13. The van der Waals surface area contributed by atoms with Gasteiger partial charge in [-0.3, -0.25) is 9.69 Å². The number of halogens is 8. The summed E-state index contributed by atoms with van der Waals surface area (Å²) in [7, 11) is 0. The van der Waals surface area contributed by atoms with Crippen LogP contribution in [0.1, 0.15) is 36.8 Å². The fraction of sp³-hybridized carbons (Fsp3) is 0.231. The Morgan fingerprint density at radius 2 is 1.51 bits per heavy atom. The maximum Gasteiger partial charge on any atom is 0.573 e. The van der Waals surface area contributed by atoms with Gasteiger partial charge in [-0.05, 0) is 74.0 Å². The van der Waals surface area contributed by atoms with Crippen molar-refractivity contribution in [1.82, 2.24) is 10.3 Å². The molecular formula is C26H19F8N3O2. The third-order valence-electron chi connectivity index (χ3n) is 5.81. The first-order chi connectivity index (χ1) is 18.0. The molecule has 3 aromatic rings. The number of alkyl halides is 6. The minimum Gasteiger partial charge on any atom is -0.406 e. The van der Waals surface area contributed by atoms with Gasteiger partial charge in [-0.25, -0.2) is 13.8 Å². The molecule has 0 bridgehead atoms. The van der Waals surface area contributed by atoms with E-state index >= 15 is 0 Å². The van der Waals surface area contributed by atoms with Crippen LogP contribution in [0, 0.1) is 11.6 Å². The number of nitrogens with one attached hydrogen (secondary N) is 1. The topological polar surface area (TPSA) is 54.5 Å². The molecule has 0 spiro atoms. The largest absolute Gasteiger partial charge is 0.573 e. The third-order valence-corrected chi connectivity index (χ3v) is 5.81. The molecular weight excluding hydrogens is 538 g/mol. The molecule has 2 heterocycles. The highest BCUT2D eigenvalue weighted by Crippen LogP contribution is 2.38. The second kappa shape index (κ2) is 9.86. The summed E-state index contributed by atoms with van der Waals surface area (Å²) < 4.78 is 109. The molecule has 0 fully saturated rings. The zero-order valence-electron chi connectivity index (χ0n) is 20.2. The maximum absolute atomic E-state index is 14.1. The van der Waals surface area contributed by atoms with E-state index < -0.39 is 53.1 Å². The van der Waals surface area contributed by atoms with Crippen molar-refractivity contribution >= 4 is 11.6 Å². The number of anilines is 1. The van der Waals surface area contributed by atoms with E-state index in [1.165, 1.54) is 50.3 Å². The van der Waals surface area contributed by atoms with Gasteiger partial charge in [0.25, 0.3) is 5.91 Å². The molecule has 13 heteroatoms. The highest BCUT2D eigenvalue weighted by atomic mass is 19.4. The van der Waals surface area contributed by atoms with Gasteiger partial charge in [0.2, 0.25) is 0 Å². The van der Waals surface area contributed by atoms with Crippen molar-refractivity contribution in [1.29, 1.82) is 0 Å². The number of carbonyl (C=O) groups excluding carboxylic acids is 1. The number of ether oxygens (including phenoxy) is 1. The van der Waals surface area contributed by atoms with Gasteiger partial charge >= 0.3 is 12.5 Å². The molecule has 1 aromatic heterocycles. The van der Waals surface area contributed by atoms with E-state index in [9.17, 15) is 39.9 Å². The second-order valence-corrected chi connectivity index (χ2v) is 9.07. The van der Waals surface area contributed by atoms with Gasteiger partial charge in [-0.1, -0.05) is 12.1 Å². The molecule has 1 atom stereocenters. The fourth-order valence-electron chi connectivity index (χ4n) is 4.02. The lowest BCUT2D eigenvalue weighted by molar-refractivity contribution is -0.274. The van der Waals surface area contributed by atoms with Gasteiger partial charge in [0, 0.05) is 5.69 Å². The van der Waals surface area contributed by atoms with E-state index in [-0.39, 0.29) is 22.6 Å². The average Bonchev–Trinajstić information content (AvgIpc) is 3.15. The van der Waals surface area contributed by atoms with Crippen LogP contribution in [0.15, 0.2) is 72.4 Å². The smallest absolute Gasteiger partial charge is 0.406 e. The first-order valence-corrected chi connectivity index (χ1v) is 11.2. The van der Waals surface area contributed by atoms with Gasteiger partial charge in [0.15, 0.2) is 11.6 Å². The molecule has 1 aliphatic rings. The number of pyridine rings is 1. The molecule has 5 nitrogen and oxygen atoms in total. The molecule has 0 aliphatic carbocycles. The highest BCUT2D eigenvalue weighted by molar-refractivity contribution is 6.09. The van der Waals surface area contributed by atoms with Gasteiger partial charge in [0.1, 0.15) is 11.4 Å². The minimum atomic E-state index is -4.94. The summed E-state index contributed by atoms with van der Waals surface area (Å²) >= 11 is 0.